The van der Waals surface area contributed by atoms with Crippen LogP contribution in [0.5, 0.6) is 0 Å². The highest BCUT2D eigenvalue weighted by molar-refractivity contribution is 9.10. The smallest absolute Gasteiger partial charge is 0.285 e. The van der Waals surface area contributed by atoms with Gasteiger partial charge in [-0.3, -0.25) is 14.9 Å². The highest BCUT2D eigenvalue weighted by atomic mass is 79.9. The number of rotatable bonds is 3. The van der Waals surface area contributed by atoms with Crippen LogP contribution in [-0.4, -0.2) is 10.8 Å². The normalized spacial score (nSPS) is 10.2. The molecule has 8 heteroatoms. The van der Waals surface area contributed by atoms with Gasteiger partial charge in [-0.05, 0) is 40.2 Å². The molecular formula is C13H7BrF2N2O3. The molecule has 0 aromatic heterocycles. The molecular weight excluding hydrogens is 350 g/mol. The van der Waals surface area contributed by atoms with E-state index in [1.807, 2.05) is 0 Å². The Morgan fingerprint density at radius 2 is 1.95 bits per heavy atom. The highest BCUT2D eigenvalue weighted by Gasteiger charge is 2.17. The standard InChI is InChI=1S/C13H7BrF2N2O3/c14-9-5-4-7(6-11(9)18(20)21)17-13(19)8-2-1-3-10(15)12(8)16/h1-6H,(H,17,19). The van der Waals surface area contributed by atoms with Crippen LogP contribution in [0, 0.1) is 21.7 Å². The van der Waals surface area contributed by atoms with E-state index >= 15 is 0 Å². The van der Waals surface area contributed by atoms with Gasteiger partial charge in [0.15, 0.2) is 11.6 Å². The number of nitro benzene ring substituents is 1. The summed E-state index contributed by atoms with van der Waals surface area (Å²) in [6.45, 7) is 0. The van der Waals surface area contributed by atoms with E-state index < -0.39 is 28.0 Å². The summed E-state index contributed by atoms with van der Waals surface area (Å²) in [6.07, 6.45) is 0. The summed E-state index contributed by atoms with van der Waals surface area (Å²) in [5, 5.41) is 13.1. The van der Waals surface area contributed by atoms with Gasteiger partial charge in [-0.1, -0.05) is 6.07 Å². The first-order valence-corrected chi connectivity index (χ1v) is 6.38. The second-order valence-electron chi connectivity index (χ2n) is 3.98. The van der Waals surface area contributed by atoms with E-state index in [9.17, 15) is 23.7 Å². The Labute approximate surface area is 125 Å². The molecule has 0 heterocycles. The third-order valence-corrected chi connectivity index (χ3v) is 3.27. The van der Waals surface area contributed by atoms with Crippen molar-refractivity contribution in [3.63, 3.8) is 0 Å². The Bertz CT molecular complexity index is 737. The summed E-state index contributed by atoms with van der Waals surface area (Å²) in [5.41, 5.74) is -0.647. The van der Waals surface area contributed by atoms with Crippen LogP contribution in [0.4, 0.5) is 20.2 Å². The van der Waals surface area contributed by atoms with Crippen LogP contribution in [-0.2, 0) is 0 Å². The lowest BCUT2D eigenvalue weighted by molar-refractivity contribution is -0.385. The van der Waals surface area contributed by atoms with Gasteiger partial charge in [-0.25, -0.2) is 8.78 Å². The van der Waals surface area contributed by atoms with E-state index in [-0.39, 0.29) is 15.8 Å². The number of nitro groups is 1. The molecule has 2 rings (SSSR count). The van der Waals surface area contributed by atoms with Crippen molar-refractivity contribution in [3.05, 3.63) is 68.2 Å². The molecule has 0 saturated heterocycles. The van der Waals surface area contributed by atoms with Crippen LogP contribution in [0.3, 0.4) is 0 Å². The van der Waals surface area contributed by atoms with Crippen LogP contribution < -0.4 is 5.32 Å². The topological polar surface area (TPSA) is 72.2 Å². The number of anilines is 1. The van der Waals surface area contributed by atoms with Crippen molar-refractivity contribution in [2.45, 2.75) is 0 Å². The van der Waals surface area contributed by atoms with Crippen molar-refractivity contribution >= 4 is 33.2 Å². The first-order chi connectivity index (χ1) is 9.90. The van der Waals surface area contributed by atoms with Gasteiger partial charge >= 0.3 is 0 Å². The molecule has 108 valence electrons. The van der Waals surface area contributed by atoms with E-state index in [4.69, 9.17) is 0 Å². The van der Waals surface area contributed by atoms with Crippen molar-refractivity contribution in [2.75, 3.05) is 5.32 Å². The lowest BCUT2D eigenvalue weighted by Gasteiger charge is -2.07. The summed E-state index contributed by atoms with van der Waals surface area (Å²) >= 11 is 3.00. The number of hydrogen-bond acceptors (Lipinski definition) is 3. The average molecular weight is 357 g/mol. The molecule has 0 atom stereocenters. The van der Waals surface area contributed by atoms with E-state index in [1.54, 1.807) is 0 Å². The molecule has 0 bridgehead atoms. The van der Waals surface area contributed by atoms with Crippen LogP contribution in [0.1, 0.15) is 10.4 Å². The van der Waals surface area contributed by atoms with E-state index in [0.29, 0.717) is 0 Å². The maximum atomic E-state index is 13.5. The lowest BCUT2D eigenvalue weighted by atomic mass is 10.2. The zero-order valence-electron chi connectivity index (χ0n) is 10.3. The van der Waals surface area contributed by atoms with Gasteiger partial charge in [0.2, 0.25) is 0 Å². The van der Waals surface area contributed by atoms with Crippen LogP contribution in [0.25, 0.3) is 0 Å². The molecule has 21 heavy (non-hydrogen) atoms. The Morgan fingerprint density at radius 3 is 2.62 bits per heavy atom. The second kappa shape index (κ2) is 5.96. The average Bonchev–Trinajstić information content (AvgIpc) is 2.43. The van der Waals surface area contributed by atoms with Crippen molar-refractivity contribution < 1.29 is 18.5 Å². The van der Waals surface area contributed by atoms with Crippen LogP contribution in [0.2, 0.25) is 0 Å². The van der Waals surface area contributed by atoms with E-state index in [0.717, 1.165) is 18.2 Å². The third kappa shape index (κ3) is 3.22. The van der Waals surface area contributed by atoms with Gasteiger partial charge < -0.3 is 5.32 Å². The monoisotopic (exact) mass is 356 g/mol. The molecule has 1 N–H and O–H groups in total. The summed E-state index contributed by atoms with van der Waals surface area (Å²) in [6, 6.07) is 7.07. The Balaban J connectivity index is 2.30. The third-order valence-electron chi connectivity index (χ3n) is 2.60. The van der Waals surface area contributed by atoms with Crippen molar-refractivity contribution in [3.8, 4) is 0 Å². The first-order valence-electron chi connectivity index (χ1n) is 5.59. The van der Waals surface area contributed by atoms with Crippen LogP contribution >= 0.6 is 15.9 Å². The number of benzene rings is 2. The molecule has 5 nitrogen and oxygen atoms in total. The van der Waals surface area contributed by atoms with Crippen molar-refractivity contribution in [2.24, 2.45) is 0 Å². The largest absolute Gasteiger partial charge is 0.322 e. The highest BCUT2D eigenvalue weighted by Crippen LogP contribution is 2.28. The molecule has 0 unspecified atom stereocenters. The lowest BCUT2D eigenvalue weighted by Crippen LogP contribution is -2.14. The molecule has 2 aromatic rings. The molecule has 0 aliphatic rings. The fraction of sp³-hybridized carbons (Fsp3) is 0. The molecule has 0 aliphatic heterocycles. The zero-order valence-corrected chi connectivity index (χ0v) is 11.9. The van der Waals surface area contributed by atoms with Gasteiger partial charge in [0.1, 0.15) is 0 Å². The SMILES string of the molecule is O=C(Nc1ccc(Br)c([N+](=O)[O-])c1)c1cccc(F)c1F. The number of amides is 1. The number of nitrogens with one attached hydrogen (secondary N) is 1. The number of carbonyl (C=O) groups is 1. The summed E-state index contributed by atoms with van der Waals surface area (Å²) in [7, 11) is 0. The summed E-state index contributed by atoms with van der Waals surface area (Å²) in [4.78, 5) is 22.0. The first kappa shape index (κ1) is 15.0. The minimum Gasteiger partial charge on any atom is -0.322 e. The minimum absolute atomic E-state index is 0.0959. The Hall–Kier alpha value is -2.35. The van der Waals surface area contributed by atoms with Gasteiger partial charge in [-0.15, -0.1) is 0 Å². The quantitative estimate of drug-likeness (QED) is 0.669. The Kier molecular flexibility index (Phi) is 4.27. The second-order valence-corrected chi connectivity index (χ2v) is 4.83. The van der Waals surface area contributed by atoms with Crippen LogP contribution in [0.15, 0.2) is 40.9 Å². The fourth-order valence-corrected chi connectivity index (χ4v) is 2.00. The number of hydrogen-bond donors (Lipinski definition) is 1. The number of nitrogens with zero attached hydrogens (tertiary/aromatic N) is 1. The number of halogens is 3. The van der Waals surface area contributed by atoms with Crippen molar-refractivity contribution in [1.29, 1.82) is 0 Å². The number of carbonyl (C=O) groups excluding carboxylic acids is 1. The van der Waals surface area contributed by atoms with Gasteiger partial charge in [0.25, 0.3) is 11.6 Å². The van der Waals surface area contributed by atoms with Gasteiger partial charge in [-0.2, -0.15) is 0 Å². The fourth-order valence-electron chi connectivity index (χ4n) is 1.61. The van der Waals surface area contributed by atoms with Crippen molar-refractivity contribution in [1.82, 2.24) is 0 Å². The zero-order chi connectivity index (χ0) is 15.6. The molecule has 0 fully saturated rings. The maximum Gasteiger partial charge on any atom is 0.285 e. The predicted molar refractivity (Wildman–Crippen MR) is 75.1 cm³/mol. The molecule has 2 aromatic carbocycles. The maximum absolute atomic E-state index is 13.5. The molecule has 1 amide bonds. The van der Waals surface area contributed by atoms with Gasteiger partial charge in [0.05, 0.1) is 15.0 Å². The molecule has 0 saturated carbocycles. The minimum atomic E-state index is -1.28. The summed E-state index contributed by atoms with van der Waals surface area (Å²) < 4.78 is 26.8. The predicted octanol–water partition coefficient (Wildman–Crippen LogP) is 3.89. The van der Waals surface area contributed by atoms with E-state index in [1.165, 1.54) is 18.2 Å². The molecule has 0 aliphatic carbocycles. The van der Waals surface area contributed by atoms with E-state index in [2.05, 4.69) is 21.2 Å². The summed E-state index contributed by atoms with van der Waals surface area (Å²) in [5.74, 6) is -3.32. The Morgan fingerprint density at radius 1 is 1.24 bits per heavy atom. The molecule has 0 radical (unpaired) electrons. The molecule has 0 spiro atoms. The van der Waals surface area contributed by atoms with Gasteiger partial charge in [0, 0.05) is 11.8 Å².